The Bertz CT molecular complexity index is 233. The molecule has 0 aromatic carbocycles. The molecule has 0 aliphatic heterocycles. The van der Waals surface area contributed by atoms with Crippen molar-refractivity contribution in [3.05, 3.63) is 0 Å². The van der Waals surface area contributed by atoms with Crippen LogP contribution in [0.15, 0.2) is 0 Å². The maximum absolute atomic E-state index is 3.72. The van der Waals surface area contributed by atoms with Crippen molar-refractivity contribution >= 4 is 0 Å². The third-order valence-electron chi connectivity index (χ3n) is 4.51. The van der Waals surface area contributed by atoms with Gasteiger partial charge in [0.25, 0.3) is 0 Å². The summed E-state index contributed by atoms with van der Waals surface area (Å²) < 4.78 is 0. The molecule has 2 aliphatic carbocycles. The second kappa shape index (κ2) is 5.71. The van der Waals surface area contributed by atoms with Gasteiger partial charge in [-0.3, -0.25) is 0 Å². The summed E-state index contributed by atoms with van der Waals surface area (Å²) >= 11 is 0. The highest BCUT2D eigenvalue weighted by atomic mass is 15.1. The van der Waals surface area contributed by atoms with Crippen LogP contribution in [0.4, 0.5) is 0 Å². The van der Waals surface area contributed by atoms with E-state index in [1.165, 1.54) is 58.3 Å². The molecule has 1 unspecified atom stereocenters. The SMILES string of the molecule is CCN(CC1CC1)CC(C)(CC)CNC1CC1. The van der Waals surface area contributed by atoms with E-state index in [0.29, 0.717) is 5.41 Å². The van der Waals surface area contributed by atoms with Crippen molar-refractivity contribution in [2.24, 2.45) is 11.3 Å². The Morgan fingerprint density at radius 3 is 2.35 bits per heavy atom. The van der Waals surface area contributed by atoms with Gasteiger partial charge in [-0.15, -0.1) is 0 Å². The fraction of sp³-hybridized carbons (Fsp3) is 1.00. The summed E-state index contributed by atoms with van der Waals surface area (Å²) in [5.74, 6) is 1.02. The largest absolute Gasteiger partial charge is 0.313 e. The quantitative estimate of drug-likeness (QED) is 0.664. The van der Waals surface area contributed by atoms with Crippen molar-refractivity contribution < 1.29 is 0 Å². The van der Waals surface area contributed by atoms with Crippen LogP contribution < -0.4 is 5.32 Å². The fourth-order valence-electron chi connectivity index (χ4n) is 2.48. The van der Waals surface area contributed by atoms with E-state index >= 15 is 0 Å². The molecule has 2 heteroatoms. The minimum absolute atomic E-state index is 0.466. The van der Waals surface area contributed by atoms with Crippen molar-refractivity contribution in [2.75, 3.05) is 26.2 Å². The van der Waals surface area contributed by atoms with E-state index in [1.807, 2.05) is 0 Å². The minimum Gasteiger partial charge on any atom is -0.313 e. The number of hydrogen-bond acceptors (Lipinski definition) is 2. The highest BCUT2D eigenvalue weighted by Crippen LogP contribution is 2.31. The van der Waals surface area contributed by atoms with Crippen LogP contribution in [0.1, 0.15) is 52.9 Å². The van der Waals surface area contributed by atoms with Gasteiger partial charge < -0.3 is 10.2 Å². The summed E-state index contributed by atoms with van der Waals surface area (Å²) in [7, 11) is 0. The Hall–Kier alpha value is -0.0800. The molecule has 1 atom stereocenters. The predicted molar refractivity (Wildman–Crippen MR) is 74.3 cm³/mol. The van der Waals surface area contributed by atoms with Gasteiger partial charge in [0.15, 0.2) is 0 Å². The summed E-state index contributed by atoms with van der Waals surface area (Å²) in [5.41, 5.74) is 0.466. The molecule has 0 heterocycles. The van der Waals surface area contributed by atoms with Gasteiger partial charge in [0.2, 0.25) is 0 Å². The highest BCUT2D eigenvalue weighted by molar-refractivity contribution is 4.87. The first-order valence-electron chi connectivity index (χ1n) is 7.61. The van der Waals surface area contributed by atoms with Crippen molar-refractivity contribution in [1.82, 2.24) is 10.2 Å². The predicted octanol–water partition coefficient (Wildman–Crippen LogP) is 2.89. The maximum atomic E-state index is 3.72. The van der Waals surface area contributed by atoms with Gasteiger partial charge in [0.1, 0.15) is 0 Å². The topological polar surface area (TPSA) is 15.3 Å². The van der Waals surface area contributed by atoms with Crippen LogP contribution in [0.3, 0.4) is 0 Å². The van der Waals surface area contributed by atoms with Gasteiger partial charge >= 0.3 is 0 Å². The van der Waals surface area contributed by atoms with Crippen molar-refractivity contribution in [3.8, 4) is 0 Å². The lowest BCUT2D eigenvalue weighted by molar-refractivity contribution is 0.155. The number of hydrogen-bond donors (Lipinski definition) is 1. The van der Waals surface area contributed by atoms with Gasteiger partial charge in [0.05, 0.1) is 0 Å². The average molecular weight is 238 g/mol. The van der Waals surface area contributed by atoms with Gasteiger partial charge in [-0.05, 0) is 50.0 Å². The lowest BCUT2D eigenvalue weighted by Crippen LogP contribution is -2.43. The zero-order valence-electron chi connectivity index (χ0n) is 12.0. The lowest BCUT2D eigenvalue weighted by atomic mass is 9.86. The van der Waals surface area contributed by atoms with E-state index in [2.05, 4.69) is 31.0 Å². The maximum Gasteiger partial charge on any atom is 0.00684 e. The molecule has 2 fully saturated rings. The van der Waals surface area contributed by atoms with E-state index < -0.39 is 0 Å². The van der Waals surface area contributed by atoms with Gasteiger partial charge in [-0.2, -0.15) is 0 Å². The highest BCUT2D eigenvalue weighted by Gasteiger charge is 2.31. The monoisotopic (exact) mass is 238 g/mol. The third-order valence-corrected chi connectivity index (χ3v) is 4.51. The molecule has 0 aromatic heterocycles. The van der Waals surface area contributed by atoms with Crippen LogP contribution in [0.5, 0.6) is 0 Å². The molecule has 100 valence electrons. The van der Waals surface area contributed by atoms with Crippen LogP contribution in [0.25, 0.3) is 0 Å². The van der Waals surface area contributed by atoms with Gasteiger partial charge in [-0.25, -0.2) is 0 Å². The summed E-state index contributed by atoms with van der Waals surface area (Å²) in [6.45, 7) is 12.2. The normalized spacial score (nSPS) is 24.0. The Morgan fingerprint density at radius 1 is 1.18 bits per heavy atom. The number of nitrogens with one attached hydrogen (secondary N) is 1. The summed E-state index contributed by atoms with van der Waals surface area (Å²) in [6, 6.07) is 0.847. The minimum atomic E-state index is 0.466. The molecule has 2 rings (SSSR count). The van der Waals surface area contributed by atoms with E-state index in [-0.39, 0.29) is 0 Å². The van der Waals surface area contributed by atoms with Crippen LogP contribution in [-0.4, -0.2) is 37.1 Å². The zero-order valence-corrected chi connectivity index (χ0v) is 12.0. The first-order valence-corrected chi connectivity index (χ1v) is 7.61. The molecule has 0 saturated heterocycles. The molecule has 0 radical (unpaired) electrons. The standard InChI is InChI=1S/C15H30N2/c1-4-15(3,11-16-14-8-9-14)12-17(5-2)10-13-6-7-13/h13-14,16H,4-12H2,1-3H3. The number of rotatable bonds is 9. The molecule has 2 saturated carbocycles. The molecule has 0 amide bonds. The summed E-state index contributed by atoms with van der Waals surface area (Å²) in [5, 5.41) is 3.72. The lowest BCUT2D eigenvalue weighted by Gasteiger charge is -2.35. The van der Waals surface area contributed by atoms with Gasteiger partial charge in [0, 0.05) is 25.7 Å². The second-order valence-electron chi connectivity index (χ2n) is 6.59. The Kier molecular flexibility index (Phi) is 4.48. The molecule has 0 spiro atoms. The Morgan fingerprint density at radius 2 is 1.88 bits per heavy atom. The van der Waals surface area contributed by atoms with E-state index in [1.54, 1.807) is 0 Å². The molecule has 0 aromatic rings. The molecular formula is C15H30N2. The van der Waals surface area contributed by atoms with Crippen LogP contribution >= 0.6 is 0 Å². The zero-order chi connectivity index (χ0) is 12.3. The Balaban J connectivity index is 1.76. The second-order valence-corrected chi connectivity index (χ2v) is 6.59. The molecular weight excluding hydrogens is 208 g/mol. The molecule has 1 N–H and O–H groups in total. The smallest absolute Gasteiger partial charge is 0.00684 e. The van der Waals surface area contributed by atoms with E-state index in [0.717, 1.165) is 12.0 Å². The average Bonchev–Trinajstić information content (AvgIpc) is 3.19. The van der Waals surface area contributed by atoms with E-state index in [9.17, 15) is 0 Å². The fourth-order valence-corrected chi connectivity index (χ4v) is 2.48. The first kappa shape index (κ1) is 13.4. The van der Waals surface area contributed by atoms with Crippen molar-refractivity contribution in [2.45, 2.75) is 58.9 Å². The van der Waals surface area contributed by atoms with Crippen LogP contribution in [0.2, 0.25) is 0 Å². The molecule has 17 heavy (non-hydrogen) atoms. The number of nitrogens with zero attached hydrogens (tertiary/aromatic N) is 1. The van der Waals surface area contributed by atoms with Crippen LogP contribution in [-0.2, 0) is 0 Å². The summed E-state index contributed by atoms with van der Waals surface area (Å²) in [6.07, 6.45) is 7.03. The van der Waals surface area contributed by atoms with Crippen molar-refractivity contribution in [3.63, 3.8) is 0 Å². The third kappa shape index (κ3) is 4.59. The van der Waals surface area contributed by atoms with E-state index in [4.69, 9.17) is 0 Å². The first-order chi connectivity index (χ1) is 8.15. The molecule has 2 nitrogen and oxygen atoms in total. The molecule has 0 bridgehead atoms. The molecule has 2 aliphatic rings. The van der Waals surface area contributed by atoms with Crippen LogP contribution in [0, 0.1) is 11.3 Å². The Labute approximate surface area is 107 Å². The summed E-state index contributed by atoms with van der Waals surface area (Å²) in [4.78, 5) is 2.68. The van der Waals surface area contributed by atoms with Gasteiger partial charge in [-0.1, -0.05) is 20.8 Å². The van der Waals surface area contributed by atoms with Crippen molar-refractivity contribution in [1.29, 1.82) is 0 Å².